The lowest BCUT2D eigenvalue weighted by atomic mass is 9.81. The van der Waals surface area contributed by atoms with Crippen molar-refractivity contribution in [1.29, 1.82) is 0 Å². The lowest BCUT2D eigenvalue weighted by Gasteiger charge is -2.31. The van der Waals surface area contributed by atoms with Gasteiger partial charge in [-0.05, 0) is 64.2 Å². The molecule has 0 unspecified atom stereocenters. The highest BCUT2D eigenvalue weighted by Gasteiger charge is 2.53. The second-order valence-corrected chi connectivity index (χ2v) is 10.7. The van der Waals surface area contributed by atoms with E-state index >= 15 is 0 Å². The molecule has 11 heteroatoms. The van der Waals surface area contributed by atoms with Crippen LogP contribution in [0.1, 0.15) is 40.3 Å². The fourth-order valence-electron chi connectivity index (χ4n) is 5.29. The maximum atomic E-state index is 14.4. The molecule has 0 bridgehead atoms. The summed E-state index contributed by atoms with van der Waals surface area (Å²) in [5.74, 6) is 1.30. The van der Waals surface area contributed by atoms with Gasteiger partial charge in [-0.3, -0.25) is 10.2 Å². The van der Waals surface area contributed by atoms with Gasteiger partial charge in [0.1, 0.15) is 11.5 Å². The molecule has 4 aromatic rings. The fourth-order valence-corrected chi connectivity index (χ4v) is 5.29. The molecular weight excluding hydrogens is 584 g/mol. The highest BCUT2D eigenvalue weighted by molar-refractivity contribution is 6.01. The van der Waals surface area contributed by atoms with Crippen LogP contribution in [0.4, 0.5) is 0 Å². The zero-order valence-corrected chi connectivity index (χ0v) is 25.5. The van der Waals surface area contributed by atoms with Gasteiger partial charge in [0.05, 0.1) is 20.3 Å². The van der Waals surface area contributed by atoms with Crippen molar-refractivity contribution in [3.8, 4) is 11.5 Å². The number of ether oxygens (including phenoxy) is 3. The Labute approximate surface area is 267 Å². The van der Waals surface area contributed by atoms with Gasteiger partial charge in [0.15, 0.2) is 11.6 Å². The monoisotopic (exact) mass is 620 g/mol. The number of benzene rings is 4. The standard InChI is InChI=1S/C35H36N6O5/c1-44-29-16-12-26(13-17-29)23-37-40-34(43)35(22-25-8-3-2-4-9-25)32(31-11-6-5-10-28(31)24-38-41-36)46-33(39-35)27-14-18-30(19-15-27)45-21-7-20-42/h2-6,8-19,32,37,42H,7,20-24H2,1H3,(H,40,43)/t32-,35-/m0/s1. The molecule has 0 fully saturated rings. The number of carbonyl (C=O) groups is 1. The van der Waals surface area contributed by atoms with Crippen molar-refractivity contribution in [1.82, 2.24) is 10.9 Å². The zero-order chi connectivity index (χ0) is 32.2. The zero-order valence-electron chi connectivity index (χ0n) is 25.5. The van der Waals surface area contributed by atoms with Gasteiger partial charge in [0, 0.05) is 36.5 Å². The Morgan fingerprint density at radius 1 is 0.978 bits per heavy atom. The number of azide groups is 1. The number of nitrogens with zero attached hydrogens (tertiary/aromatic N) is 4. The lowest BCUT2D eigenvalue weighted by Crippen LogP contribution is -2.53. The molecule has 0 spiro atoms. The van der Waals surface area contributed by atoms with Crippen molar-refractivity contribution in [2.45, 2.75) is 37.6 Å². The van der Waals surface area contributed by atoms with Gasteiger partial charge < -0.3 is 19.3 Å². The van der Waals surface area contributed by atoms with Crippen LogP contribution in [0.3, 0.4) is 0 Å². The first kappa shape index (κ1) is 32.1. The van der Waals surface area contributed by atoms with Crippen molar-refractivity contribution in [3.63, 3.8) is 0 Å². The van der Waals surface area contributed by atoms with Crippen LogP contribution in [0.5, 0.6) is 11.5 Å². The van der Waals surface area contributed by atoms with E-state index in [1.807, 2.05) is 91.0 Å². The largest absolute Gasteiger partial charge is 0.497 e. The molecule has 1 aliphatic rings. The third-order valence-electron chi connectivity index (χ3n) is 7.64. The molecule has 46 heavy (non-hydrogen) atoms. The van der Waals surface area contributed by atoms with Crippen LogP contribution < -0.4 is 20.3 Å². The Morgan fingerprint density at radius 3 is 2.41 bits per heavy atom. The summed E-state index contributed by atoms with van der Waals surface area (Å²) in [6.45, 7) is 0.887. The third kappa shape index (κ3) is 7.65. The van der Waals surface area contributed by atoms with Gasteiger partial charge in [0.25, 0.3) is 5.91 Å². The molecule has 3 N–H and O–H groups in total. The van der Waals surface area contributed by atoms with Crippen LogP contribution in [-0.2, 0) is 29.0 Å². The summed E-state index contributed by atoms with van der Waals surface area (Å²) in [5, 5.41) is 12.9. The number of hydrazine groups is 1. The average molecular weight is 621 g/mol. The van der Waals surface area contributed by atoms with Gasteiger partial charge >= 0.3 is 0 Å². The molecule has 2 atom stereocenters. The Balaban J connectivity index is 1.53. The van der Waals surface area contributed by atoms with Crippen LogP contribution in [0.2, 0.25) is 0 Å². The number of nitrogens with one attached hydrogen (secondary N) is 2. The van der Waals surface area contributed by atoms with Crippen molar-refractivity contribution in [3.05, 3.63) is 141 Å². The van der Waals surface area contributed by atoms with Crippen LogP contribution in [0.25, 0.3) is 10.4 Å². The quantitative estimate of drug-likeness (QED) is 0.0519. The van der Waals surface area contributed by atoms with E-state index in [0.717, 1.165) is 22.4 Å². The Kier molecular flexibility index (Phi) is 10.9. The maximum absolute atomic E-state index is 14.4. The number of hydrogen-bond acceptors (Lipinski definition) is 8. The van der Waals surface area contributed by atoms with Crippen LogP contribution in [0, 0.1) is 0 Å². The van der Waals surface area contributed by atoms with E-state index in [-0.39, 0.29) is 25.5 Å². The summed E-state index contributed by atoms with van der Waals surface area (Å²) in [6.07, 6.45) is -0.0925. The first-order chi connectivity index (χ1) is 22.6. The van der Waals surface area contributed by atoms with E-state index in [2.05, 4.69) is 20.9 Å². The SMILES string of the molecule is COc1ccc(CNNC(=O)[C@@]2(Cc3ccccc3)N=C(c3ccc(OCCCO)cc3)O[C@H]2c2ccccc2CN=[N+]=[N-])cc1. The highest BCUT2D eigenvalue weighted by Crippen LogP contribution is 2.43. The first-order valence-electron chi connectivity index (χ1n) is 15.0. The minimum Gasteiger partial charge on any atom is -0.497 e. The molecular formula is C35H36N6O5. The van der Waals surface area contributed by atoms with Crippen molar-refractivity contribution in [2.24, 2.45) is 10.1 Å². The van der Waals surface area contributed by atoms with Crippen molar-refractivity contribution in [2.75, 3.05) is 20.3 Å². The number of carbonyl (C=O) groups excluding carboxylic acids is 1. The van der Waals surface area contributed by atoms with E-state index in [0.29, 0.717) is 42.3 Å². The minimum atomic E-state index is -1.44. The van der Waals surface area contributed by atoms with Gasteiger partial charge in [-0.25, -0.2) is 10.4 Å². The van der Waals surface area contributed by atoms with E-state index in [4.69, 9.17) is 29.8 Å². The molecule has 4 aromatic carbocycles. The predicted octanol–water partition coefficient (Wildman–Crippen LogP) is 5.59. The normalized spacial score (nSPS) is 16.9. The number of methoxy groups -OCH3 is 1. The first-order valence-corrected chi connectivity index (χ1v) is 15.0. The summed E-state index contributed by atoms with van der Waals surface area (Å²) in [5.41, 5.74) is 17.5. The number of aliphatic hydroxyl groups is 1. The highest BCUT2D eigenvalue weighted by atomic mass is 16.5. The van der Waals surface area contributed by atoms with Crippen LogP contribution in [0.15, 0.2) is 113 Å². The minimum absolute atomic E-state index is 0.0474. The Hall–Kier alpha value is -5.35. The van der Waals surface area contributed by atoms with Crippen LogP contribution >= 0.6 is 0 Å². The molecule has 0 saturated carbocycles. The van der Waals surface area contributed by atoms with E-state index in [1.54, 1.807) is 19.2 Å². The number of aliphatic hydroxyl groups excluding tert-OH is 1. The number of amides is 1. The predicted molar refractivity (Wildman–Crippen MR) is 174 cm³/mol. The Morgan fingerprint density at radius 2 is 1.70 bits per heavy atom. The molecule has 236 valence electrons. The average Bonchev–Trinajstić information content (AvgIpc) is 3.48. The molecule has 5 rings (SSSR count). The molecule has 0 aliphatic carbocycles. The number of aliphatic imine (C=N–C) groups is 1. The summed E-state index contributed by atoms with van der Waals surface area (Å²) in [7, 11) is 1.61. The molecule has 1 aliphatic heterocycles. The second-order valence-electron chi connectivity index (χ2n) is 10.7. The van der Waals surface area contributed by atoms with E-state index in [1.165, 1.54) is 0 Å². The van der Waals surface area contributed by atoms with Gasteiger partial charge in [-0.15, -0.1) is 0 Å². The summed E-state index contributed by atoms with van der Waals surface area (Å²) < 4.78 is 17.6. The maximum Gasteiger partial charge on any atom is 0.266 e. The van der Waals surface area contributed by atoms with Gasteiger partial charge in [0.2, 0.25) is 5.90 Å². The van der Waals surface area contributed by atoms with Crippen molar-refractivity contribution >= 4 is 11.8 Å². The summed E-state index contributed by atoms with van der Waals surface area (Å²) in [6, 6.07) is 31.9. The van der Waals surface area contributed by atoms with E-state index in [9.17, 15) is 4.79 Å². The molecule has 0 saturated heterocycles. The van der Waals surface area contributed by atoms with Crippen molar-refractivity contribution < 1.29 is 24.1 Å². The molecule has 1 amide bonds. The van der Waals surface area contributed by atoms with E-state index < -0.39 is 11.6 Å². The molecule has 11 nitrogen and oxygen atoms in total. The molecule has 0 radical (unpaired) electrons. The summed E-state index contributed by atoms with van der Waals surface area (Å²) >= 11 is 0. The third-order valence-corrected chi connectivity index (χ3v) is 7.64. The van der Waals surface area contributed by atoms with Gasteiger partial charge in [-0.1, -0.05) is 71.8 Å². The lowest BCUT2D eigenvalue weighted by molar-refractivity contribution is -0.130. The summed E-state index contributed by atoms with van der Waals surface area (Å²) in [4.78, 5) is 22.5. The molecule has 0 aromatic heterocycles. The Bertz CT molecular complexity index is 1670. The topological polar surface area (TPSA) is 150 Å². The number of hydrogen-bond donors (Lipinski definition) is 3. The second kappa shape index (κ2) is 15.6. The fraction of sp³-hybridized carbons (Fsp3) is 0.257. The number of rotatable bonds is 15. The molecule has 1 heterocycles. The smallest absolute Gasteiger partial charge is 0.266 e. The van der Waals surface area contributed by atoms with Gasteiger partial charge in [-0.2, -0.15) is 0 Å². The van der Waals surface area contributed by atoms with Crippen LogP contribution in [-0.4, -0.2) is 42.8 Å².